The first kappa shape index (κ1) is 22.2. The Morgan fingerprint density at radius 3 is 2.88 bits per heavy atom. The molecule has 0 spiro atoms. The van der Waals surface area contributed by atoms with Crippen LogP contribution in [0.4, 0.5) is 0 Å². The molecular weight excluding hydrogens is 426 g/mol. The lowest BCUT2D eigenvalue weighted by molar-refractivity contribution is 0.0683. The minimum Gasteiger partial charge on any atom is -0.404 e. The quantitative estimate of drug-likeness (QED) is 0.695. The Morgan fingerprint density at radius 2 is 2.15 bits per heavy atom. The highest BCUT2D eigenvalue weighted by atomic mass is 16.5. The molecule has 7 nitrogen and oxygen atoms in total. The van der Waals surface area contributed by atoms with Gasteiger partial charge in [0.15, 0.2) is 0 Å². The lowest BCUT2D eigenvalue weighted by Crippen LogP contribution is -2.33. The first-order valence-corrected chi connectivity index (χ1v) is 11.8. The first-order chi connectivity index (χ1) is 16.7. The standard InChI is InChI=1S/C27H29N5O2/c1-29-15-20(14-28)18-6-7-21(30-16-18)12-19-13-25-26(24-5-3-2-4-23(19)24)31-17-32(27(25)33)22-8-10-34-11-9-22/h2-3,5-7,13-17,22-23H,4,8-12,28H2,1H3. The van der Waals surface area contributed by atoms with Gasteiger partial charge in [-0.05, 0) is 37.0 Å². The zero-order chi connectivity index (χ0) is 23.5. The van der Waals surface area contributed by atoms with Gasteiger partial charge in [-0.1, -0.05) is 29.9 Å². The van der Waals surface area contributed by atoms with Crippen LogP contribution >= 0.6 is 0 Å². The lowest BCUT2D eigenvalue weighted by Gasteiger charge is -2.30. The Hall–Kier alpha value is -3.58. The topological polar surface area (TPSA) is 95.4 Å². The third kappa shape index (κ3) is 4.19. The summed E-state index contributed by atoms with van der Waals surface area (Å²) in [4.78, 5) is 27.0. The summed E-state index contributed by atoms with van der Waals surface area (Å²) in [6.45, 7) is 1.36. The van der Waals surface area contributed by atoms with E-state index in [4.69, 9.17) is 15.5 Å². The second kappa shape index (κ2) is 9.73. The maximum atomic E-state index is 13.5. The van der Waals surface area contributed by atoms with Crippen LogP contribution in [0.15, 0.2) is 64.4 Å². The summed E-state index contributed by atoms with van der Waals surface area (Å²) in [5.41, 5.74) is 12.3. The predicted octanol–water partition coefficient (Wildman–Crippen LogP) is 3.59. The van der Waals surface area contributed by atoms with E-state index >= 15 is 0 Å². The van der Waals surface area contributed by atoms with Crippen molar-refractivity contribution in [3.8, 4) is 0 Å². The van der Waals surface area contributed by atoms with Gasteiger partial charge < -0.3 is 10.5 Å². The highest BCUT2D eigenvalue weighted by molar-refractivity contribution is 6.09. The molecule has 1 saturated heterocycles. The van der Waals surface area contributed by atoms with Crippen molar-refractivity contribution in [2.24, 2.45) is 16.6 Å². The number of allylic oxidation sites excluding steroid dienone is 6. The van der Waals surface area contributed by atoms with Crippen LogP contribution in [0.1, 0.15) is 47.8 Å². The Labute approximate surface area is 199 Å². The van der Waals surface area contributed by atoms with Gasteiger partial charge in [0.25, 0.3) is 5.56 Å². The molecule has 2 aromatic rings. The van der Waals surface area contributed by atoms with Crippen LogP contribution in [-0.2, 0) is 11.2 Å². The molecule has 5 rings (SSSR count). The number of nitrogens with two attached hydrogens (primary N) is 1. The second-order valence-corrected chi connectivity index (χ2v) is 8.84. The summed E-state index contributed by atoms with van der Waals surface area (Å²) in [6.07, 6.45) is 18.5. The molecule has 7 heteroatoms. The molecule has 0 amide bonds. The SMILES string of the molecule is CN=CC(=CN)c1ccc(CC2=Cc3c(ncn(C4CCOCC4)c3=O)C3=CC=CCC23)nc1. The maximum absolute atomic E-state index is 13.5. The van der Waals surface area contributed by atoms with E-state index in [9.17, 15) is 4.79 Å². The van der Waals surface area contributed by atoms with Gasteiger partial charge in [-0.2, -0.15) is 0 Å². The van der Waals surface area contributed by atoms with E-state index in [1.807, 2.05) is 18.3 Å². The van der Waals surface area contributed by atoms with Crippen molar-refractivity contribution in [3.63, 3.8) is 0 Å². The summed E-state index contributed by atoms with van der Waals surface area (Å²) in [5, 5.41) is 0. The van der Waals surface area contributed by atoms with Gasteiger partial charge >= 0.3 is 0 Å². The molecule has 0 saturated carbocycles. The van der Waals surface area contributed by atoms with E-state index in [2.05, 4.69) is 34.3 Å². The average molecular weight is 456 g/mol. The average Bonchev–Trinajstić information content (AvgIpc) is 2.89. The highest BCUT2D eigenvalue weighted by Crippen LogP contribution is 2.41. The van der Waals surface area contributed by atoms with Gasteiger partial charge in [-0.3, -0.25) is 19.3 Å². The lowest BCUT2D eigenvalue weighted by atomic mass is 9.76. The van der Waals surface area contributed by atoms with E-state index in [1.54, 1.807) is 24.2 Å². The van der Waals surface area contributed by atoms with E-state index in [-0.39, 0.29) is 17.5 Å². The van der Waals surface area contributed by atoms with Crippen molar-refractivity contribution in [1.82, 2.24) is 14.5 Å². The van der Waals surface area contributed by atoms with E-state index in [0.717, 1.165) is 47.4 Å². The van der Waals surface area contributed by atoms with Crippen LogP contribution in [0.25, 0.3) is 17.2 Å². The highest BCUT2D eigenvalue weighted by Gasteiger charge is 2.31. The second-order valence-electron chi connectivity index (χ2n) is 8.84. The van der Waals surface area contributed by atoms with Crippen molar-refractivity contribution in [3.05, 3.63) is 87.5 Å². The Bertz CT molecular complexity index is 1280. The maximum Gasteiger partial charge on any atom is 0.261 e. The zero-order valence-corrected chi connectivity index (χ0v) is 19.4. The number of pyridine rings is 1. The fraction of sp³-hybridized carbons (Fsp3) is 0.333. The summed E-state index contributed by atoms with van der Waals surface area (Å²) >= 11 is 0. The molecule has 34 heavy (non-hydrogen) atoms. The molecule has 0 radical (unpaired) electrons. The van der Waals surface area contributed by atoms with Crippen LogP contribution in [0.2, 0.25) is 0 Å². The van der Waals surface area contributed by atoms with E-state index < -0.39 is 0 Å². The van der Waals surface area contributed by atoms with E-state index in [0.29, 0.717) is 25.2 Å². The van der Waals surface area contributed by atoms with Gasteiger partial charge in [-0.15, -0.1) is 0 Å². The number of rotatable bonds is 5. The molecular formula is C27H29N5O2. The number of aromatic nitrogens is 3. The third-order valence-electron chi connectivity index (χ3n) is 6.82. The van der Waals surface area contributed by atoms with Crippen molar-refractivity contribution >= 4 is 23.4 Å². The summed E-state index contributed by atoms with van der Waals surface area (Å²) in [7, 11) is 1.72. The fourth-order valence-electron chi connectivity index (χ4n) is 5.01. The Kier molecular flexibility index (Phi) is 6.36. The molecule has 174 valence electrons. The Balaban J connectivity index is 1.50. The van der Waals surface area contributed by atoms with Gasteiger partial charge in [-0.25, -0.2) is 4.98 Å². The van der Waals surface area contributed by atoms with Gasteiger partial charge in [0, 0.05) is 74.1 Å². The third-order valence-corrected chi connectivity index (χ3v) is 6.82. The fourth-order valence-corrected chi connectivity index (χ4v) is 5.01. The van der Waals surface area contributed by atoms with E-state index in [1.165, 1.54) is 11.8 Å². The summed E-state index contributed by atoms with van der Waals surface area (Å²) in [5.74, 6) is 0.205. The molecule has 0 bridgehead atoms. The monoisotopic (exact) mass is 455 g/mol. The van der Waals surface area contributed by atoms with Crippen molar-refractivity contribution in [2.45, 2.75) is 31.7 Å². The van der Waals surface area contributed by atoms with Crippen molar-refractivity contribution < 1.29 is 4.74 Å². The van der Waals surface area contributed by atoms with Gasteiger partial charge in [0.1, 0.15) is 0 Å². The number of ether oxygens (including phenoxy) is 1. The summed E-state index contributed by atoms with van der Waals surface area (Å²) < 4.78 is 7.29. The summed E-state index contributed by atoms with van der Waals surface area (Å²) in [6, 6.07) is 4.17. The van der Waals surface area contributed by atoms with Gasteiger partial charge in [0.2, 0.25) is 0 Å². The zero-order valence-electron chi connectivity index (χ0n) is 19.4. The van der Waals surface area contributed by atoms with Crippen LogP contribution in [0.3, 0.4) is 0 Å². The van der Waals surface area contributed by atoms with Crippen LogP contribution in [0.5, 0.6) is 0 Å². The molecule has 2 aromatic heterocycles. The molecule has 2 aliphatic carbocycles. The Morgan fingerprint density at radius 1 is 1.29 bits per heavy atom. The van der Waals surface area contributed by atoms with Crippen LogP contribution in [-0.4, -0.2) is 41.0 Å². The molecule has 1 fully saturated rings. The molecule has 3 heterocycles. The number of fused-ring (bicyclic) bond motifs is 3. The molecule has 1 aliphatic heterocycles. The largest absolute Gasteiger partial charge is 0.404 e. The molecule has 1 unspecified atom stereocenters. The number of nitrogens with zero attached hydrogens (tertiary/aromatic N) is 4. The minimum atomic E-state index is 0.0307. The smallest absolute Gasteiger partial charge is 0.261 e. The van der Waals surface area contributed by atoms with Crippen molar-refractivity contribution in [2.75, 3.05) is 20.3 Å². The van der Waals surface area contributed by atoms with Crippen LogP contribution in [0, 0.1) is 5.92 Å². The number of aliphatic imine (C=N–C) groups is 1. The molecule has 3 aliphatic rings. The predicted molar refractivity (Wildman–Crippen MR) is 135 cm³/mol. The van der Waals surface area contributed by atoms with Gasteiger partial charge in [0.05, 0.1) is 17.6 Å². The normalized spacial score (nSPS) is 20.6. The number of hydrogen-bond acceptors (Lipinski definition) is 6. The molecule has 1 atom stereocenters. The van der Waals surface area contributed by atoms with Crippen LogP contribution < -0.4 is 11.3 Å². The molecule has 2 N–H and O–H groups in total. The molecule has 0 aromatic carbocycles. The van der Waals surface area contributed by atoms with Crippen molar-refractivity contribution in [1.29, 1.82) is 0 Å². The first-order valence-electron chi connectivity index (χ1n) is 11.8. The number of hydrogen-bond donors (Lipinski definition) is 1. The minimum absolute atomic E-state index is 0.0307.